The Morgan fingerprint density at radius 2 is 2.19 bits per heavy atom. The van der Waals surface area contributed by atoms with E-state index in [1.807, 2.05) is 0 Å². The first-order chi connectivity index (χ1) is 7.61. The maximum absolute atomic E-state index is 12.0. The average molecular weight is 221 g/mol. The highest BCUT2D eigenvalue weighted by atomic mass is 16.3. The second-order valence-corrected chi connectivity index (χ2v) is 4.26. The Balaban J connectivity index is 2.10. The summed E-state index contributed by atoms with van der Waals surface area (Å²) in [4.78, 5) is 13.7. The van der Waals surface area contributed by atoms with E-state index in [9.17, 15) is 9.90 Å². The van der Waals surface area contributed by atoms with Crippen molar-refractivity contribution in [3.63, 3.8) is 0 Å². The molecule has 1 saturated heterocycles. The van der Waals surface area contributed by atoms with E-state index in [4.69, 9.17) is 5.11 Å². The predicted molar refractivity (Wildman–Crippen MR) is 59.3 cm³/mol. The minimum Gasteiger partial charge on any atom is -0.508 e. The Morgan fingerprint density at radius 1 is 1.50 bits per heavy atom. The molecule has 16 heavy (non-hydrogen) atoms. The molecule has 1 heterocycles. The van der Waals surface area contributed by atoms with E-state index in [-0.39, 0.29) is 24.2 Å². The van der Waals surface area contributed by atoms with Crippen molar-refractivity contribution >= 4 is 5.91 Å². The summed E-state index contributed by atoms with van der Waals surface area (Å²) in [7, 11) is 0. The van der Waals surface area contributed by atoms with Gasteiger partial charge >= 0.3 is 0 Å². The number of hydrogen-bond acceptors (Lipinski definition) is 3. The van der Waals surface area contributed by atoms with Crippen LogP contribution in [0, 0.1) is 12.8 Å². The maximum Gasteiger partial charge on any atom is 0.254 e. The van der Waals surface area contributed by atoms with Crippen molar-refractivity contribution in [2.75, 3.05) is 19.7 Å². The Kier molecular flexibility index (Phi) is 2.83. The zero-order chi connectivity index (χ0) is 11.7. The molecular formula is C12H15NO3. The summed E-state index contributed by atoms with van der Waals surface area (Å²) in [6.07, 6.45) is 0. The van der Waals surface area contributed by atoms with Crippen LogP contribution in [0.1, 0.15) is 15.9 Å². The molecule has 0 aromatic heterocycles. The van der Waals surface area contributed by atoms with E-state index < -0.39 is 0 Å². The summed E-state index contributed by atoms with van der Waals surface area (Å²) in [6.45, 7) is 3.18. The van der Waals surface area contributed by atoms with E-state index in [1.165, 1.54) is 6.07 Å². The number of aryl methyl sites for hydroxylation is 1. The third-order valence-corrected chi connectivity index (χ3v) is 2.94. The Morgan fingerprint density at radius 3 is 2.75 bits per heavy atom. The van der Waals surface area contributed by atoms with Crippen LogP contribution in [0.4, 0.5) is 0 Å². The summed E-state index contributed by atoms with van der Waals surface area (Å²) in [6, 6.07) is 4.74. The van der Waals surface area contributed by atoms with Crippen molar-refractivity contribution in [2.24, 2.45) is 5.92 Å². The number of hydrogen-bond donors (Lipinski definition) is 2. The van der Waals surface area contributed by atoms with Gasteiger partial charge in [-0.05, 0) is 30.7 Å². The number of aromatic hydroxyl groups is 1. The number of carbonyl (C=O) groups excluding carboxylic acids is 1. The van der Waals surface area contributed by atoms with Gasteiger partial charge in [-0.3, -0.25) is 4.79 Å². The summed E-state index contributed by atoms with van der Waals surface area (Å²) < 4.78 is 0. The fraction of sp³-hybridized carbons (Fsp3) is 0.417. The monoisotopic (exact) mass is 221 g/mol. The van der Waals surface area contributed by atoms with Gasteiger partial charge in [0.25, 0.3) is 5.91 Å². The number of amides is 1. The number of carbonyl (C=O) groups is 1. The first kappa shape index (κ1) is 11.0. The van der Waals surface area contributed by atoms with Gasteiger partial charge in [-0.25, -0.2) is 0 Å². The summed E-state index contributed by atoms with van der Waals surface area (Å²) in [5.74, 6) is 0.370. The molecule has 0 atom stereocenters. The number of aliphatic hydroxyl groups is 1. The minimum absolute atomic E-state index is 0.0257. The highest BCUT2D eigenvalue weighted by Gasteiger charge is 2.30. The molecule has 1 aromatic carbocycles. The molecule has 4 nitrogen and oxygen atoms in total. The quantitative estimate of drug-likeness (QED) is 0.775. The van der Waals surface area contributed by atoms with Crippen molar-refractivity contribution in [3.05, 3.63) is 29.3 Å². The predicted octanol–water partition coefficient (Wildman–Crippen LogP) is 0.765. The number of phenols is 1. The zero-order valence-electron chi connectivity index (χ0n) is 9.18. The van der Waals surface area contributed by atoms with Gasteiger partial charge in [-0.15, -0.1) is 0 Å². The molecule has 0 spiro atoms. The molecule has 1 aliphatic rings. The number of phenolic OH excluding ortho intramolecular Hbond substituents is 1. The lowest BCUT2D eigenvalue weighted by Gasteiger charge is -2.38. The molecule has 0 unspecified atom stereocenters. The average Bonchev–Trinajstić information content (AvgIpc) is 2.15. The number of rotatable bonds is 2. The van der Waals surface area contributed by atoms with Crippen molar-refractivity contribution in [1.82, 2.24) is 4.90 Å². The van der Waals surface area contributed by atoms with E-state index >= 15 is 0 Å². The van der Waals surface area contributed by atoms with Gasteiger partial charge < -0.3 is 15.1 Å². The van der Waals surface area contributed by atoms with Gasteiger partial charge in [-0.2, -0.15) is 0 Å². The van der Waals surface area contributed by atoms with Crippen LogP contribution in [-0.2, 0) is 0 Å². The molecule has 2 N–H and O–H groups in total. The molecule has 1 fully saturated rings. The van der Waals surface area contributed by atoms with Gasteiger partial charge in [0, 0.05) is 31.2 Å². The lowest BCUT2D eigenvalue weighted by atomic mass is 9.98. The third kappa shape index (κ3) is 1.88. The fourth-order valence-corrected chi connectivity index (χ4v) is 1.91. The SMILES string of the molecule is Cc1cc(O)ccc1C(=O)N1CC(CO)C1. The van der Waals surface area contributed by atoms with Crippen molar-refractivity contribution in [2.45, 2.75) is 6.92 Å². The van der Waals surface area contributed by atoms with E-state index in [2.05, 4.69) is 0 Å². The summed E-state index contributed by atoms with van der Waals surface area (Å²) in [5, 5.41) is 18.1. The van der Waals surface area contributed by atoms with Crippen molar-refractivity contribution in [3.8, 4) is 5.75 Å². The van der Waals surface area contributed by atoms with Gasteiger partial charge in [0.05, 0.1) is 0 Å². The van der Waals surface area contributed by atoms with Gasteiger partial charge in [0.15, 0.2) is 0 Å². The normalized spacial score (nSPS) is 16.0. The summed E-state index contributed by atoms with van der Waals surface area (Å²) >= 11 is 0. The van der Waals surface area contributed by atoms with Crippen LogP contribution >= 0.6 is 0 Å². The molecule has 0 bridgehead atoms. The maximum atomic E-state index is 12.0. The van der Waals surface area contributed by atoms with E-state index in [0.29, 0.717) is 18.7 Å². The van der Waals surface area contributed by atoms with Crippen LogP contribution in [0.5, 0.6) is 5.75 Å². The first-order valence-electron chi connectivity index (χ1n) is 5.31. The van der Waals surface area contributed by atoms with E-state index in [1.54, 1.807) is 24.0 Å². The van der Waals surface area contributed by atoms with Crippen LogP contribution in [0.25, 0.3) is 0 Å². The Hall–Kier alpha value is -1.55. The zero-order valence-corrected chi connectivity index (χ0v) is 9.18. The topological polar surface area (TPSA) is 60.8 Å². The molecule has 86 valence electrons. The highest BCUT2D eigenvalue weighted by Crippen LogP contribution is 2.22. The molecule has 0 saturated carbocycles. The second-order valence-electron chi connectivity index (χ2n) is 4.26. The number of aliphatic hydroxyl groups excluding tert-OH is 1. The summed E-state index contributed by atoms with van der Waals surface area (Å²) in [5.41, 5.74) is 1.40. The van der Waals surface area contributed by atoms with Gasteiger partial charge in [0.2, 0.25) is 0 Å². The van der Waals surface area contributed by atoms with Gasteiger partial charge in [-0.1, -0.05) is 0 Å². The second kappa shape index (κ2) is 4.14. The van der Waals surface area contributed by atoms with Crippen LogP contribution in [0.2, 0.25) is 0 Å². The van der Waals surface area contributed by atoms with Crippen LogP contribution in [0.15, 0.2) is 18.2 Å². The molecule has 0 aliphatic carbocycles. The molecule has 4 heteroatoms. The molecule has 1 aliphatic heterocycles. The first-order valence-corrected chi connectivity index (χ1v) is 5.31. The third-order valence-electron chi connectivity index (χ3n) is 2.94. The van der Waals surface area contributed by atoms with Gasteiger partial charge in [0.1, 0.15) is 5.75 Å². The van der Waals surface area contributed by atoms with Crippen molar-refractivity contribution in [1.29, 1.82) is 0 Å². The van der Waals surface area contributed by atoms with E-state index in [0.717, 1.165) is 5.56 Å². The number of benzene rings is 1. The molecule has 2 rings (SSSR count). The Labute approximate surface area is 94.1 Å². The highest BCUT2D eigenvalue weighted by molar-refractivity contribution is 5.96. The Bertz CT molecular complexity index is 411. The number of nitrogens with zero attached hydrogens (tertiary/aromatic N) is 1. The molecule has 1 aromatic rings. The van der Waals surface area contributed by atoms with Crippen LogP contribution in [-0.4, -0.2) is 40.7 Å². The van der Waals surface area contributed by atoms with Crippen LogP contribution in [0.3, 0.4) is 0 Å². The minimum atomic E-state index is -0.0257. The fourth-order valence-electron chi connectivity index (χ4n) is 1.91. The van der Waals surface area contributed by atoms with Crippen molar-refractivity contribution < 1.29 is 15.0 Å². The largest absolute Gasteiger partial charge is 0.508 e. The smallest absolute Gasteiger partial charge is 0.254 e. The van der Waals surface area contributed by atoms with Crippen LogP contribution < -0.4 is 0 Å². The molecule has 0 radical (unpaired) electrons. The lowest BCUT2D eigenvalue weighted by Crippen LogP contribution is -2.51. The lowest BCUT2D eigenvalue weighted by molar-refractivity contribution is 0.0361. The standard InChI is InChI=1S/C12H15NO3/c1-8-4-10(15)2-3-11(8)12(16)13-5-9(6-13)7-14/h2-4,9,14-15H,5-7H2,1H3. The molecule has 1 amide bonds. The number of likely N-dealkylation sites (tertiary alicyclic amines) is 1. The molecular weight excluding hydrogens is 206 g/mol.